The first-order valence-corrected chi connectivity index (χ1v) is 6.44. The third kappa shape index (κ3) is 3.56. The highest BCUT2D eigenvalue weighted by molar-refractivity contribution is 5.96. The van der Waals surface area contributed by atoms with Gasteiger partial charge in [-0.1, -0.05) is 19.1 Å². The topological polar surface area (TPSA) is 66.4 Å². The van der Waals surface area contributed by atoms with E-state index in [0.29, 0.717) is 13.0 Å². The fourth-order valence-electron chi connectivity index (χ4n) is 1.98. The van der Waals surface area contributed by atoms with Gasteiger partial charge in [0.25, 0.3) is 0 Å². The first-order chi connectivity index (χ1) is 8.88. The van der Waals surface area contributed by atoms with Crippen LogP contribution in [0.1, 0.15) is 35.6 Å². The Labute approximate surface area is 113 Å². The Bertz CT molecular complexity index is 494. The van der Waals surface area contributed by atoms with E-state index in [4.69, 9.17) is 5.11 Å². The predicted octanol–water partition coefficient (Wildman–Crippen LogP) is 2.34. The van der Waals surface area contributed by atoms with E-state index in [1.54, 1.807) is 6.92 Å². The van der Waals surface area contributed by atoms with Crippen molar-refractivity contribution in [3.8, 4) is 0 Å². The summed E-state index contributed by atoms with van der Waals surface area (Å²) in [6, 6.07) is 3.98. The Balaban J connectivity index is 2.75. The number of carboxylic acids is 1. The summed E-state index contributed by atoms with van der Waals surface area (Å²) in [6.07, 6.45) is 0.299. The molecule has 1 amide bonds. The predicted molar refractivity (Wildman–Crippen MR) is 73.9 cm³/mol. The number of hydrogen-bond acceptors (Lipinski definition) is 2. The molecular formula is C15H21NO3. The number of aliphatic carboxylic acids is 1. The van der Waals surface area contributed by atoms with E-state index in [-0.39, 0.29) is 0 Å². The van der Waals surface area contributed by atoms with Crippen LogP contribution < -0.4 is 5.32 Å². The van der Waals surface area contributed by atoms with Crippen molar-refractivity contribution in [1.29, 1.82) is 0 Å². The molecule has 4 nitrogen and oxygen atoms in total. The Morgan fingerprint density at radius 2 is 1.84 bits per heavy atom. The van der Waals surface area contributed by atoms with E-state index < -0.39 is 17.8 Å². The standard InChI is InChI=1S/C15H21NO3/c1-5-13(15(18)19)14(17)16-8-12-7-6-9(2)10(3)11(12)4/h6-7,13H,5,8H2,1-4H3,(H,16,17)(H,18,19). The lowest BCUT2D eigenvalue weighted by Gasteiger charge is -2.14. The van der Waals surface area contributed by atoms with Crippen molar-refractivity contribution >= 4 is 11.9 Å². The first-order valence-electron chi connectivity index (χ1n) is 6.44. The van der Waals surface area contributed by atoms with Gasteiger partial charge in [0.05, 0.1) is 0 Å². The zero-order valence-corrected chi connectivity index (χ0v) is 11.9. The SMILES string of the molecule is CCC(C(=O)O)C(=O)NCc1ccc(C)c(C)c1C. The second-order valence-electron chi connectivity index (χ2n) is 4.81. The molecule has 4 heteroatoms. The van der Waals surface area contributed by atoms with Crippen molar-refractivity contribution in [3.63, 3.8) is 0 Å². The summed E-state index contributed by atoms with van der Waals surface area (Å²) >= 11 is 0. The molecular weight excluding hydrogens is 242 g/mol. The highest BCUT2D eigenvalue weighted by Crippen LogP contribution is 2.17. The van der Waals surface area contributed by atoms with Crippen LogP contribution in [0.15, 0.2) is 12.1 Å². The van der Waals surface area contributed by atoms with Gasteiger partial charge in [-0.25, -0.2) is 0 Å². The number of aryl methyl sites for hydroxylation is 1. The third-order valence-corrected chi connectivity index (χ3v) is 3.65. The molecule has 104 valence electrons. The summed E-state index contributed by atoms with van der Waals surface area (Å²) in [5, 5.41) is 11.6. The van der Waals surface area contributed by atoms with E-state index >= 15 is 0 Å². The van der Waals surface area contributed by atoms with Crippen LogP contribution in [0.5, 0.6) is 0 Å². The molecule has 1 rings (SSSR count). The summed E-state index contributed by atoms with van der Waals surface area (Å²) in [6.45, 7) is 8.16. The number of rotatable bonds is 5. The fraction of sp³-hybridized carbons (Fsp3) is 0.467. The highest BCUT2D eigenvalue weighted by atomic mass is 16.4. The zero-order chi connectivity index (χ0) is 14.6. The minimum Gasteiger partial charge on any atom is -0.481 e. The van der Waals surface area contributed by atoms with Crippen molar-refractivity contribution in [1.82, 2.24) is 5.32 Å². The molecule has 0 spiro atoms. The molecule has 0 fully saturated rings. The fourth-order valence-corrected chi connectivity index (χ4v) is 1.98. The van der Waals surface area contributed by atoms with Gasteiger partial charge in [-0.2, -0.15) is 0 Å². The molecule has 0 radical (unpaired) electrons. The third-order valence-electron chi connectivity index (χ3n) is 3.65. The molecule has 2 N–H and O–H groups in total. The van der Waals surface area contributed by atoms with Crippen LogP contribution in [0.25, 0.3) is 0 Å². The number of hydrogen-bond donors (Lipinski definition) is 2. The van der Waals surface area contributed by atoms with Crippen LogP contribution in [0.3, 0.4) is 0 Å². The quantitative estimate of drug-likeness (QED) is 0.801. The Kier molecular flexibility index (Phi) is 5.10. The van der Waals surface area contributed by atoms with Gasteiger partial charge in [0.1, 0.15) is 5.92 Å². The van der Waals surface area contributed by atoms with Gasteiger partial charge in [0, 0.05) is 6.54 Å². The molecule has 0 bridgehead atoms. The number of benzene rings is 1. The van der Waals surface area contributed by atoms with Gasteiger partial charge >= 0.3 is 5.97 Å². The first kappa shape index (κ1) is 15.2. The lowest BCUT2D eigenvalue weighted by molar-refractivity contribution is -0.147. The van der Waals surface area contributed by atoms with Crippen molar-refractivity contribution < 1.29 is 14.7 Å². The molecule has 0 aliphatic heterocycles. The number of nitrogens with one attached hydrogen (secondary N) is 1. The van der Waals surface area contributed by atoms with Crippen LogP contribution in [-0.2, 0) is 16.1 Å². The molecule has 1 aromatic carbocycles. The summed E-state index contributed by atoms with van der Waals surface area (Å²) in [5.74, 6) is -2.46. The van der Waals surface area contributed by atoms with Gasteiger partial charge in [-0.15, -0.1) is 0 Å². The summed E-state index contributed by atoms with van der Waals surface area (Å²) in [7, 11) is 0. The maximum atomic E-state index is 11.8. The Hall–Kier alpha value is -1.84. The van der Waals surface area contributed by atoms with Crippen molar-refractivity contribution in [2.24, 2.45) is 5.92 Å². The minimum atomic E-state index is -1.07. The van der Waals surface area contributed by atoms with Crippen LogP contribution in [0, 0.1) is 26.7 Å². The summed E-state index contributed by atoms with van der Waals surface area (Å²) < 4.78 is 0. The molecule has 1 atom stereocenters. The van der Waals surface area contributed by atoms with Crippen molar-refractivity contribution in [3.05, 3.63) is 34.4 Å². The molecule has 0 aromatic heterocycles. The molecule has 0 aliphatic carbocycles. The number of carbonyl (C=O) groups is 2. The molecule has 0 aliphatic rings. The molecule has 0 saturated heterocycles. The average Bonchev–Trinajstić information content (AvgIpc) is 2.35. The van der Waals surface area contributed by atoms with Crippen molar-refractivity contribution in [2.75, 3.05) is 0 Å². The number of carbonyl (C=O) groups excluding carboxylic acids is 1. The molecule has 0 saturated carbocycles. The Morgan fingerprint density at radius 1 is 1.21 bits per heavy atom. The van der Waals surface area contributed by atoms with Crippen LogP contribution in [-0.4, -0.2) is 17.0 Å². The zero-order valence-electron chi connectivity index (χ0n) is 11.9. The normalized spacial score (nSPS) is 12.0. The largest absolute Gasteiger partial charge is 0.481 e. The number of carboxylic acid groups (broad SMARTS) is 1. The van der Waals surface area contributed by atoms with Crippen LogP contribution in [0.2, 0.25) is 0 Å². The molecule has 0 heterocycles. The average molecular weight is 263 g/mol. The van der Waals surface area contributed by atoms with E-state index in [2.05, 4.69) is 5.32 Å². The van der Waals surface area contributed by atoms with E-state index in [1.165, 1.54) is 11.1 Å². The maximum absolute atomic E-state index is 11.8. The highest BCUT2D eigenvalue weighted by Gasteiger charge is 2.23. The lowest BCUT2D eigenvalue weighted by atomic mass is 9.98. The van der Waals surface area contributed by atoms with Gasteiger partial charge in [-0.3, -0.25) is 9.59 Å². The second-order valence-corrected chi connectivity index (χ2v) is 4.81. The van der Waals surface area contributed by atoms with Gasteiger partial charge < -0.3 is 10.4 Å². The molecule has 19 heavy (non-hydrogen) atoms. The molecule has 1 aromatic rings. The van der Waals surface area contributed by atoms with Crippen molar-refractivity contribution in [2.45, 2.75) is 40.7 Å². The Morgan fingerprint density at radius 3 is 2.37 bits per heavy atom. The second kappa shape index (κ2) is 6.36. The van der Waals surface area contributed by atoms with E-state index in [9.17, 15) is 9.59 Å². The minimum absolute atomic E-state index is 0.299. The van der Waals surface area contributed by atoms with E-state index in [1.807, 2.05) is 32.9 Å². The number of amides is 1. The van der Waals surface area contributed by atoms with Crippen LogP contribution >= 0.6 is 0 Å². The van der Waals surface area contributed by atoms with Gasteiger partial charge in [0.2, 0.25) is 5.91 Å². The monoisotopic (exact) mass is 263 g/mol. The van der Waals surface area contributed by atoms with Crippen LogP contribution in [0.4, 0.5) is 0 Å². The lowest BCUT2D eigenvalue weighted by Crippen LogP contribution is -2.34. The summed E-state index contributed by atoms with van der Waals surface area (Å²) in [5.41, 5.74) is 4.59. The smallest absolute Gasteiger partial charge is 0.316 e. The maximum Gasteiger partial charge on any atom is 0.316 e. The summed E-state index contributed by atoms with van der Waals surface area (Å²) in [4.78, 5) is 22.6. The van der Waals surface area contributed by atoms with Gasteiger partial charge in [0.15, 0.2) is 0 Å². The van der Waals surface area contributed by atoms with Gasteiger partial charge in [-0.05, 0) is 49.4 Å². The van der Waals surface area contributed by atoms with E-state index in [0.717, 1.165) is 11.1 Å². The molecule has 1 unspecified atom stereocenters.